The summed E-state index contributed by atoms with van der Waals surface area (Å²) < 4.78 is 67.2. The minimum atomic E-state index is -4.57. The molecule has 2 bridgehead atoms. The molecule has 0 amide bonds. The fourth-order valence-electron chi connectivity index (χ4n) is 4.86. The Hall–Kier alpha value is -0.590. The van der Waals surface area contributed by atoms with Gasteiger partial charge in [0.2, 0.25) is 0 Å². The molecule has 1 aromatic carbocycles. The molecule has 0 radical (unpaired) electrons. The molecule has 3 atom stereocenters. The third-order valence-electron chi connectivity index (χ3n) is 5.97. The molecule has 2 N–H and O–H groups in total. The Morgan fingerprint density at radius 2 is 1.81 bits per heavy atom. The highest BCUT2D eigenvalue weighted by Gasteiger charge is 2.60. The minimum Gasteiger partial charge on any atom is -0.507 e. The van der Waals surface area contributed by atoms with Crippen molar-refractivity contribution in [3.05, 3.63) is 26.8 Å². The van der Waals surface area contributed by atoms with E-state index in [1.54, 1.807) is 6.07 Å². The molecule has 2 aliphatic carbocycles. The van der Waals surface area contributed by atoms with E-state index in [1.807, 2.05) is 28.7 Å². The van der Waals surface area contributed by atoms with Gasteiger partial charge < -0.3 is 5.11 Å². The zero-order valence-corrected chi connectivity index (χ0v) is 16.7. The van der Waals surface area contributed by atoms with Crippen molar-refractivity contribution in [1.29, 1.82) is 0 Å². The SMILES string of the molecule is O=S1(=O)N[C@@]2(CN1CC(F)(F)F)[C@@H]1CC[C@H]2Cc2cc(O)c(I)cc2C1. The number of rotatable bonds is 1. The maximum atomic E-state index is 12.8. The van der Waals surface area contributed by atoms with Crippen LogP contribution in [-0.4, -0.2) is 42.6 Å². The van der Waals surface area contributed by atoms with Crippen LogP contribution in [0.4, 0.5) is 13.2 Å². The maximum Gasteiger partial charge on any atom is 0.402 e. The van der Waals surface area contributed by atoms with Gasteiger partial charge in [0.25, 0.3) is 10.2 Å². The highest BCUT2D eigenvalue weighted by Crippen LogP contribution is 2.51. The van der Waals surface area contributed by atoms with Crippen LogP contribution in [0.2, 0.25) is 0 Å². The Balaban J connectivity index is 1.71. The molecule has 1 aromatic rings. The number of nitrogens with one attached hydrogen (secondary N) is 1. The summed E-state index contributed by atoms with van der Waals surface area (Å²) >= 11 is 2.04. The number of benzene rings is 1. The number of alkyl halides is 3. The van der Waals surface area contributed by atoms with Gasteiger partial charge in [-0.1, -0.05) is 0 Å². The van der Waals surface area contributed by atoms with Gasteiger partial charge in [0, 0.05) is 6.54 Å². The molecule has 1 aliphatic heterocycles. The van der Waals surface area contributed by atoms with Crippen LogP contribution in [0.5, 0.6) is 5.75 Å². The zero-order valence-electron chi connectivity index (χ0n) is 13.7. The summed E-state index contributed by atoms with van der Waals surface area (Å²) in [5.74, 6) is 0.0465. The summed E-state index contributed by atoms with van der Waals surface area (Å²) in [5, 5.41) is 9.99. The first-order valence-corrected chi connectivity index (χ1v) is 10.9. The first-order valence-electron chi connectivity index (χ1n) is 8.36. The van der Waals surface area contributed by atoms with Gasteiger partial charge in [0.1, 0.15) is 12.3 Å². The van der Waals surface area contributed by atoms with Gasteiger partial charge in [-0.25, -0.2) is 0 Å². The van der Waals surface area contributed by atoms with E-state index in [-0.39, 0.29) is 24.1 Å². The number of phenols is 1. The quantitative estimate of drug-likeness (QED) is 0.581. The standard InChI is InChI=1S/C16H18F3IN2O3S/c17-16(18,19)8-22-7-15(21-26(22,24)25)11-1-2-12(15)4-10-6-14(23)13(20)5-9(10)3-11/h5-6,11-12,21,23H,1-4,7-8H2/t11-,12+,15+/m1/s1. The van der Waals surface area contributed by atoms with E-state index in [9.17, 15) is 26.7 Å². The second-order valence-corrected chi connectivity index (χ2v) is 10.3. The summed E-state index contributed by atoms with van der Waals surface area (Å²) in [5.41, 5.74) is 1.14. The average molecular weight is 502 g/mol. The van der Waals surface area contributed by atoms with Crippen LogP contribution >= 0.6 is 22.6 Å². The van der Waals surface area contributed by atoms with Crippen LogP contribution < -0.4 is 4.72 Å². The van der Waals surface area contributed by atoms with E-state index in [0.717, 1.165) is 27.5 Å². The molecule has 1 saturated carbocycles. The van der Waals surface area contributed by atoms with Gasteiger partial charge >= 0.3 is 6.18 Å². The second-order valence-electron chi connectivity index (χ2n) is 7.48. The number of hydrogen-bond donors (Lipinski definition) is 2. The number of fused-ring (bicyclic) bond motifs is 1. The second kappa shape index (κ2) is 5.95. The number of nitrogens with zero attached hydrogens (tertiary/aromatic N) is 1. The van der Waals surface area contributed by atoms with Crippen molar-refractivity contribution >= 4 is 32.8 Å². The lowest BCUT2D eigenvalue weighted by atomic mass is 9.79. The van der Waals surface area contributed by atoms with Crippen LogP contribution in [0.1, 0.15) is 24.0 Å². The van der Waals surface area contributed by atoms with Crippen molar-refractivity contribution in [3.63, 3.8) is 0 Å². The fourth-order valence-corrected chi connectivity index (χ4v) is 7.09. The average Bonchev–Trinajstić information content (AvgIpc) is 2.87. The highest BCUT2D eigenvalue weighted by atomic mass is 127. The third-order valence-corrected chi connectivity index (χ3v) is 8.41. The molecular weight excluding hydrogens is 484 g/mol. The predicted molar refractivity (Wildman–Crippen MR) is 96.9 cm³/mol. The smallest absolute Gasteiger partial charge is 0.402 e. The number of aromatic hydroxyl groups is 1. The molecule has 10 heteroatoms. The van der Waals surface area contributed by atoms with E-state index < -0.39 is 28.5 Å². The van der Waals surface area contributed by atoms with Gasteiger partial charge in [0.15, 0.2) is 0 Å². The lowest BCUT2D eigenvalue weighted by Gasteiger charge is -2.33. The number of hydrogen-bond acceptors (Lipinski definition) is 3. The van der Waals surface area contributed by atoms with Gasteiger partial charge in [-0.3, -0.25) is 0 Å². The molecule has 2 fully saturated rings. The summed E-state index contributed by atoms with van der Waals surface area (Å²) in [6, 6.07) is 3.61. The maximum absolute atomic E-state index is 12.8. The minimum absolute atomic E-state index is 0.0536. The van der Waals surface area contributed by atoms with Crippen LogP contribution in [-0.2, 0) is 23.1 Å². The van der Waals surface area contributed by atoms with Gasteiger partial charge in [-0.15, -0.1) is 0 Å². The van der Waals surface area contributed by atoms with E-state index >= 15 is 0 Å². The van der Waals surface area contributed by atoms with Crippen molar-refractivity contribution < 1.29 is 26.7 Å². The molecule has 1 heterocycles. The summed E-state index contributed by atoms with van der Waals surface area (Å²) in [7, 11) is -4.16. The number of halogens is 4. The Bertz CT molecular complexity index is 820. The van der Waals surface area contributed by atoms with Crippen molar-refractivity contribution in [2.75, 3.05) is 13.1 Å². The molecule has 144 valence electrons. The first-order chi connectivity index (χ1) is 12.0. The zero-order chi connectivity index (χ0) is 18.9. The Morgan fingerprint density at radius 1 is 1.23 bits per heavy atom. The topological polar surface area (TPSA) is 69.6 Å². The summed E-state index contributed by atoms with van der Waals surface area (Å²) in [6.07, 6.45) is -1.87. The molecule has 1 saturated heterocycles. The van der Waals surface area contributed by atoms with E-state index in [4.69, 9.17) is 0 Å². The van der Waals surface area contributed by atoms with Crippen LogP contribution in [0.3, 0.4) is 0 Å². The molecular formula is C16H18F3IN2O3S. The Labute approximate surface area is 163 Å². The van der Waals surface area contributed by atoms with Crippen LogP contribution in [0, 0.1) is 15.4 Å². The van der Waals surface area contributed by atoms with Crippen molar-refractivity contribution in [1.82, 2.24) is 9.03 Å². The van der Waals surface area contributed by atoms with E-state index in [0.29, 0.717) is 17.1 Å². The molecule has 5 nitrogen and oxygen atoms in total. The molecule has 0 aromatic heterocycles. The number of phenolic OH excluding ortho intramolecular Hbond substituents is 1. The molecule has 3 aliphatic rings. The van der Waals surface area contributed by atoms with Crippen molar-refractivity contribution in [2.24, 2.45) is 11.8 Å². The Kier molecular flexibility index (Phi) is 4.29. The highest BCUT2D eigenvalue weighted by molar-refractivity contribution is 14.1. The summed E-state index contributed by atoms with van der Waals surface area (Å²) in [4.78, 5) is 0. The van der Waals surface area contributed by atoms with E-state index in [1.165, 1.54) is 0 Å². The predicted octanol–water partition coefficient (Wildman–Crippen LogP) is 2.57. The third kappa shape index (κ3) is 3.02. The van der Waals surface area contributed by atoms with Gasteiger partial charge in [-0.2, -0.15) is 30.6 Å². The first kappa shape index (κ1) is 18.8. The summed E-state index contributed by atoms with van der Waals surface area (Å²) in [6.45, 7) is -1.61. The molecule has 4 rings (SSSR count). The van der Waals surface area contributed by atoms with Crippen molar-refractivity contribution in [2.45, 2.75) is 37.4 Å². The van der Waals surface area contributed by atoms with Crippen LogP contribution in [0.15, 0.2) is 12.1 Å². The lowest BCUT2D eigenvalue weighted by Crippen LogP contribution is -2.52. The fraction of sp³-hybridized carbons (Fsp3) is 0.625. The van der Waals surface area contributed by atoms with E-state index in [2.05, 4.69) is 4.72 Å². The van der Waals surface area contributed by atoms with Crippen LogP contribution in [0.25, 0.3) is 0 Å². The normalized spacial score (nSPS) is 33.4. The molecule has 26 heavy (non-hydrogen) atoms. The van der Waals surface area contributed by atoms with Crippen molar-refractivity contribution in [3.8, 4) is 5.75 Å². The van der Waals surface area contributed by atoms with Gasteiger partial charge in [0.05, 0.1) is 9.11 Å². The Morgan fingerprint density at radius 3 is 2.38 bits per heavy atom. The largest absolute Gasteiger partial charge is 0.507 e. The lowest BCUT2D eigenvalue weighted by molar-refractivity contribution is -0.136. The monoisotopic (exact) mass is 502 g/mol. The molecule has 1 spiro atoms. The van der Waals surface area contributed by atoms with Gasteiger partial charge in [-0.05, 0) is 83.4 Å². The molecule has 0 unspecified atom stereocenters.